The molecular formula is C14H14ClN3O2. The van der Waals surface area contributed by atoms with Crippen LogP contribution in [0.1, 0.15) is 16.8 Å². The van der Waals surface area contributed by atoms with E-state index in [1.165, 1.54) is 12.1 Å². The van der Waals surface area contributed by atoms with Gasteiger partial charge in [-0.05, 0) is 30.7 Å². The van der Waals surface area contributed by atoms with Gasteiger partial charge in [-0.2, -0.15) is 0 Å². The largest absolute Gasteiger partial charge is 0.307 e. The van der Waals surface area contributed by atoms with E-state index in [2.05, 4.69) is 10.3 Å². The van der Waals surface area contributed by atoms with Crippen LogP contribution < -0.4 is 5.32 Å². The van der Waals surface area contributed by atoms with Crippen molar-refractivity contribution in [1.82, 2.24) is 10.3 Å². The first-order chi connectivity index (χ1) is 9.58. The summed E-state index contributed by atoms with van der Waals surface area (Å²) in [6, 6.07) is 8.40. The summed E-state index contributed by atoms with van der Waals surface area (Å²) in [4.78, 5) is 14.8. The number of benzene rings is 1. The summed E-state index contributed by atoms with van der Waals surface area (Å²) in [7, 11) is 0. The highest BCUT2D eigenvalue weighted by Crippen LogP contribution is 2.22. The Morgan fingerprint density at radius 2 is 2.15 bits per heavy atom. The summed E-state index contributed by atoms with van der Waals surface area (Å²) in [6.45, 7) is 2.90. The van der Waals surface area contributed by atoms with Crippen LogP contribution in [0.4, 0.5) is 5.69 Å². The molecule has 1 aromatic heterocycles. The second kappa shape index (κ2) is 6.45. The Morgan fingerprint density at radius 1 is 1.35 bits per heavy atom. The molecule has 0 saturated carbocycles. The van der Waals surface area contributed by atoms with Gasteiger partial charge < -0.3 is 5.32 Å². The molecule has 0 spiro atoms. The molecule has 2 rings (SSSR count). The van der Waals surface area contributed by atoms with Gasteiger partial charge in [0.05, 0.1) is 10.6 Å². The lowest BCUT2D eigenvalue weighted by molar-refractivity contribution is -0.385. The summed E-state index contributed by atoms with van der Waals surface area (Å²) in [5.74, 6) is 0. The van der Waals surface area contributed by atoms with E-state index < -0.39 is 4.92 Å². The molecule has 0 aliphatic heterocycles. The molecule has 104 valence electrons. The highest BCUT2D eigenvalue weighted by molar-refractivity contribution is 6.30. The predicted octanol–water partition coefficient (Wildman–Crippen LogP) is 3.24. The van der Waals surface area contributed by atoms with Crippen molar-refractivity contribution >= 4 is 17.3 Å². The van der Waals surface area contributed by atoms with Crippen molar-refractivity contribution in [2.45, 2.75) is 20.0 Å². The lowest BCUT2D eigenvalue weighted by Crippen LogP contribution is -2.15. The fourth-order valence-corrected chi connectivity index (χ4v) is 2.09. The van der Waals surface area contributed by atoms with Crippen LogP contribution in [-0.4, -0.2) is 9.91 Å². The van der Waals surface area contributed by atoms with Gasteiger partial charge in [-0.25, -0.2) is 0 Å². The molecule has 2 aromatic rings. The van der Waals surface area contributed by atoms with Gasteiger partial charge in [0.15, 0.2) is 0 Å². The number of pyridine rings is 1. The predicted molar refractivity (Wildman–Crippen MR) is 77.6 cm³/mol. The van der Waals surface area contributed by atoms with Crippen molar-refractivity contribution in [2.24, 2.45) is 0 Å². The fourth-order valence-electron chi connectivity index (χ4n) is 1.89. The SMILES string of the molecule is Cc1cccnc1CNCc1cc(Cl)ccc1[N+](=O)[O-]. The second-order valence-electron chi connectivity index (χ2n) is 4.40. The van der Waals surface area contributed by atoms with Crippen LogP contribution in [0.3, 0.4) is 0 Å². The maximum Gasteiger partial charge on any atom is 0.273 e. The molecule has 0 atom stereocenters. The van der Waals surface area contributed by atoms with Crippen molar-refractivity contribution in [3.63, 3.8) is 0 Å². The third-order valence-corrected chi connectivity index (χ3v) is 3.20. The standard InChI is InChI=1S/C14H14ClN3O2/c1-10-3-2-6-17-13(10)9-16-8-11-7-12(15)4-5-14(11)18(19)20/h2-7,16H,8-9H2,1H3. The van der Waals surface area contributed by atoms with Crippen LogP contribution in [0.2, 0.25) is 5.02 Å². The average molecular weight is 292 g/mol. The van der Waals surface area contributed by atoms with Gasteiger partial charge in [0.1, 0.15) is 0 Å². The molecule has 6 heteroatoms. The smallest absolute Gasteiger partial charge is 0.273 e. The van der Waals surface area contributed by atoms with E-state index in [0.717, 1.165) is 11.3 Å². The number of halogens is 1. The van der Waals surface area contributed by atoms with E-state index in [4.69, 9.17) is 11.6 Å². The van der Waals surface area contributed by atoms with E-state index in [-0.39, 0.29) is 5.69 Å². The van der Waals surface area contributed by atoms with Crippen molar-refractivity contribution in [1.29, 1.82) is 0 Å². The Morgan fingerprint density at radius 3 is 2.85 bits per heavy atom. The topological polar surface area (TPSA) is 68.1 Å². The average Bonchev–Trinajstić information content (AvgIpc) is 2.41. The van der Waals surface area contributed by atoms with E-state index >= 15 is 0 Å². The Hall–Kier alpha value is -1.98. The third-order valence-electron chi connectivity index (χ3n) is 2.96. The molecule has 0 aliphatic carbocycles. The summed E-state index contributed by atoms with van der Waals surface area (Å²) in [5, 5.41) is 14.6. The van der Waals surface area contributed by atoms with E-state index in [1.54, 1.807) is 12.3 Å². The van der Waals surface area contributed by atoms with Crippen LogP contribution in [0, 0.1) is 17.0 Å². The van der Waals surface area contributed by atoms with E-state index in [9.17, 15) is 10.1 Å². The van der Waals surface area contributed by atoms with Crippen LogP contribution in [0.15, 0.2) is 36.5 Å². The van der Waals surface area contributed by atoms with Crippen LogP contribution in [0.25, 0.3) is 0 Å². The Kier molecular flexibility index (Phi) is 4.65. The highest BCUT2D eigenvalue weighted by atomic mass is 35.5. The number of nitro benzene ring substituents is 1. The molecule has 0 aliphatic rings. The molecule has 1 heterocycles. The first-order valence-corrected chi connectivity index (χ1v) is 6.50. The number of aromatic nitrogens is 1. The number of nitro groups is 1. The van der Waals surface area contributed by atoms with Crippen LogP contribution >= 0.6 is 11.6 Å². The summed E-state index contributed by atoms with van der Waals surface area (Å²) >= 11 is 5.88. The van der Waals surface area contributed by atoms with Gasteiger partial charge in [-0.1, -0.05) is 17.7 Å². The van der Waals surface area contributed by atoms with Crippen molar-refractivity contribution in [3.8, 4) is 0 Å². The molecule has 0 bridgehead atoms. The number of rotatable bonds is 5. The molecule has 0 saturated heterocycles. The quantitative estimate of drug-likeness (QED) is 0.678. The first kappa shape index (κ1) is 14.4. The number of nitrogens with one attached hydrogen (secondary N) is 1. The number of nitrogens with zero attached hydrogens (tertiary/aromatic N) is 2. The summed E-state index contributed by atoms with van der Waals surface area (Å²) in [5.41, 5.74) is 2.65. The molecule has 0 amide bonds. The monoisotopic (exact) mass is 291 g/mol. The molecule has 5 nitrogen and oxygen atoms in total. The maximum atomic E-state index is 10.9. The zero-order valence-electron chi connectivity index (χ0n) is 11.0. The van der Waals surface area contributed by atoms with Gasteiger partial charge in [0.25, 0.3) is 5.69 Å². The number of hydrogen-bond donors (Lipinski definition) is 1. The normalized spacial score (nSPS) is 10.5. The zero-order valence-corrected chi connectivity index (χ0v) is 11.7. The minimum absolute atomic E-state index is 0.0691. The van der Waals surface area contributed by atoms with Gasteiger partial charge in [-0.15, -0.1) is 0 Å². The van der Waals surface area contributed by atoms with Gasteiger partial charge in [0.2, 0.25) is 0 Å². The highest BCUT2D eigenvalue weighted by Gasteiger charge is 2.13. The third kappa shape index (κ3) is 3.53. The first-order valence-electron chi connectivity index (χ1n) is 6.12. The Bertz CT molecular complexity index is 632. The number of hydrogen-bond acceptors (Lipinski definition) is 4. The molecule has 1 N–H and O–H groups in total. The minimum Gasteiger partial charge on any atom is -0.307 e. The molecule has 20 heavy (non-hydrogen) atoms. The van der Waals surface area contributed by atoms with Crippen molar-refractivity contribution < 1.29 is 4.92 Å². The van der Waals surface area contributed by atoms with Crippen molar-refractivity contribution in [2.75, 3.05) is 0 Å². The zero-order chi connectivity index (χ0) is 14.5. The van der Waals surface area contributed by atoms with Gasteiger partial charge >= 0.3 is 0 Å². The maximum absolute atomic E-state index is 10.9. The van der Waals surface area contributed by atoms with Gasteiger partial charge in [-0.3, -0.25) is 15.1 Å². The molecule has 0 fully saturated rings. The minimum atomic E-state index is -0.403. The second-order valence-corrected chi connectivity index (χ2v) is 4.84. The lowest BCUT2D eigenvalue weighted by Gasteiger charge is -2.07. The Labute approximate surface area is 121 Å². The summed E-state index contributed by atoms with van der Waals surface area (Å²) < 4.78 is 0. The van der Waals surface area contributed by atoms with Crippen molar-refractivity contribution in [3.05, 3.63) is 68.5 Å². The molecule has 1 aromatic carbocycles. The Balaban J connectivity index is 2.06. The van der Waals surface area contributed by atoms with E-state index in [1.807, 2.05) is 19.1 Å². The van der Waals surface area contributed by atoms with Crippen LogP contribution in [-0.2, 0) is 13.1 Å². The number of aryl methyl sites for hydroxylation is 1. The fraction of sp³-hybridized carbons (Fsp3) is 0.214. The lowest BCUT2D eigenvalue weighted by atomic mass is 10.1. The summed E-state index contributed by atoms with van der Waals surface area (Å²) in [6.07, 6.45) is 1.73. The molecule has 0 unspecified atom stereocenters. The molecular weight excluding hydrogens is 278 g/mol. The molecule has 0 radical (unpaired) electrons. The van der Waals surface area contributed by atoms with Gasteiger partial charge in [0, 0.05) is 35.9 Å². The van der Waals surface area contributed by atoms with E-state index in [0.29, 0.717) is 23.7 Å². The van der Waals surface area contributed by atoms with Crippen LogP contribution in [0.5, 0.6) is 0 Å².